The molecule has 0 spiro atoms. The normalized spacial score (nSPS) is 27.1. The number of phenols is 1. The number of hydrogen-bond donors (Lipinski definition) is 2. The number of nitrogens with zero attached hydrogens (tertiary/aromatic N) is 3. The second-order valence-electron chi connectivity index (χ2n) is 12.5. The predicted octanol–water partition coefficient (Wildman–Crippen LogP) is 5.63. The Hall–Kier alpha value is -2.26. The lowest BCUT2D eigenvalue weighted by atomic mass is 9.85. The van der Waals surface area contributed by atoms with E-state index in [1.165, 1.54) is 25.7 Å². The monoisotopic (exact) mass is 592 g/mol. The van der Waals surface area contributed by atoms with E-state index in [2.05, 4.69) is 40.2 Å². The van der Waals surface area contributed by atoms with Gasteiger partial charge in [-0.05, 0) is 81.8 Å². The number of aromatic nitrogens is 2. The Kier molecular flexibility index (Phi) is 6.57. The molecule has 39 heavy (non-hydrogen) atoms. The van der Waals surface area contributed by atoms with Crippen molar-refractivity contribution in [1.29, 1.82) is 0 Å². The van der Waals surface area contributed by atoms with Crippen LogP contribution in [-0.4, -0.2) is 59.3 Å². The van der Waals surface area contributed by atoms with Crippen molar-refractivity contribution in [2.45, 2.75) is 75.7 Å². The zero-order valence-corrected chi connectivity index (χ0v) is 24.3. The van der Waals surface area contributed by atoms with Crippen molar-refractivity contribution in [2.75, 3.05) is 27.2 Å². The molecule has 4 aliphatic rings. The first-order valence-electron chi connectivity index (χ1n) is 14.3. The number of fused-ring (bicyclic) bond motifs is 4. The van der Waals surface area contributed by atoms with E-state index >= 15 is 0 Å². The number of phenolic OH excluding ortho intramolecular Hbond substituents is 1. The summed E-state index contributed by atoms with van der Waals surface area (Å²) in [5.41, 5.74) is 4.50. The molecule has 2 N–H and O–H groups in total. The summed E-state index contributed by atoms with van der Waals surface area (Å²) in [6.45, 7) is 2.16. The fourth-order valence-electron chi connectivity index (χ4n) is 7.22. The molecule has 7 rings (SSSR count). The van der Waals surface area contributed by atoms with Gasteiger partial charge >= 0.3 is 6.01 Å². The Balaban J connectivity index is 1.24. The second kappa shape index (κ2) is 9.98. The summed E-state index contributed by atoms with van der Waals surface area (Å²) in [5, 5.41) is 16.4. The lowest BCUT2D eigenvalue weighted by molar-refractivity contribution is 0.0250. The van der Waals surface area contributed by atoms with Gasteiger partial charge in [0.15, 0.2) is 0 Å². The number of ether oxygens (including phenoxy) is 2. The van der Waals surface area contributed by atoms with Crippen LogP contribution in [0.2, 0.25) is 0 Å². The SMILES string of the molecule is CN(C)CC1(COc2nc3c(c(C4CC5CCC(C4)N5)n2)COC(c2cc(O)cc4cccc(Br)c24)C3)CC1. The third-order valence-electron chi connectivity index (χ3n) is 9.18. The van der Waals surface area contributed by atoms with E-state index in [-0.39, 0.29) is 17.3 Å². The van der Waals surface area contributed by atoms with Crippen LogP contribution < -0.4 is 10.1 Å². The maximum Gasteiger partial charge on any atom is 0.316 e. The predicted molar refractivity (Wildman–Crippen MR) is 154 cm³/mol. The van der Waals surface area contributed by atoms with Gasteiger partial charge in [0.25, 0.3) is 0 Å². The number of hydrogen-bond acceptors (Lipinski definition) is 7. The average molecular weight is 594 g/mol. The Morgan fingerprint density at radius 1 is 1.15 bits per heavy atom. The quantitative estimate of drug-likeness (QED) is 0.368. The standard InChI is InChI=1S/C31H37BrN4O3/c1-36(2)16-31(8-9-31)17-39-30-34-26-14-27(23-13-22(37)12-18-4-3-5-25(32)28(18)23)38-15-24(26)29(35-30)19-10-20-6-7-21(11-19)33-20/h3-5,12-13,19-21,27,33,37H,6-11,14-17H2,1-2H3. The molecule has 1 aliphatic carbocycles. The van der Waals surface area contributed by atoms with Crippen LogP contribution in [0.3, 0.4) is 0 Å². The van der Waals surface area contributed by atoms with E-state index in [4.69, 9.17) is 19.4 Å². The number of rotatable bonds is 7. The summed E-state index contributed by atoms with van der Waals surface area (Å²) in [5.74, 6) is 0.647. The van der Waals surface area contributed by atoms with E-state index in [9.17, 15) is 5.11 Å². The highest BCUT2D eigenvalue weighted by atomic mass is 79.9. The van der Waals surface area contributed by atoms with E-state index in [1.807, 2.05) is 24.3 Å². The molecular formula is C31H37BrN4O3. The van der Waals surface area contributed by atoms with Gasteiger partial charge in [-0.25, -0.2) is 0 Å². The summed E-state index contributed by atoms with van der Waals surface area (Å²) in [6.07, 6.45) is 7.52. The fourth-order valence-corrected chi connectivity index (χ4v) is 7.83. The van der Waals surface area contributed by atoms with E-state index in [0.29, 0.717) is 43.6 Å². The van der Waals surface area contributed by atoms with Gasteiger partial charge in [0.1, 0.15) is 5.75 Å². The number of halogens is 1. The summed E-state index contributed by atoms with van der Waals surface area (Å²) >= 11 is 3.73. The first kappa shape index (κ1) is 25.7. The van der Waals surface area contributed by atoms with Crippen LogP contribution in [0.25, 0.3) is 10.8 Å². The van der Waals surface area contributed by atoms with Crippen molar-refractivity contribution in [3.05, 3.63) is 57.3 Å². The van der Waals surface area contributed by atoms with Crippen LogP contribution in [-0.2, 0) is 17.8 Å². The van der Waals surface area contributed by atoms with Crippen LogP contribution in [0.5, 0.6) is 11.8 Å². The minimum absolute atomic E-state index is 0.214. The largest absolute Gasteiger partial charge is 0.508 e. The molecule has 3 atom stereocenters. The Morgan fingerprint density at radius 2 is 1.95 bits per heavy atom. The number of nitrogens with one attached hydrogen (secondary N) is 1. The zero-order valence-electron chi connectivity index (χ0n) is 22.8. The molecule has 2 saturated heterocycles. The van der Waals surface area contributed by atoms with Crippen molar-refractivity contribution >= 4 is 26.7 Å². The maximum atomic E-state index is 10.5. The molecule has 7 nitrogen and oxygen atoms in total. The van der Waals surface area contributed by atoms with Gasteiger partial charge in [-0.2, -0.15) is 9.97 Å². The molecule has 3 aliphatic heterocycles. The highest BCUT2D eigenvalue weighted by molar-refractivity contribution is 9.10. The van der Waals surface area contributed by atoms with E-state index in [1.54, 1.807) is 6.07 Å². The van der Waals surface area contributed by atoms with Gasteiger partial charge in [-0.15, -0.1) is 0 Å². The Labute approximate surface area is 238 Å². The van der Waals surface area contributed by atoms with Gasteiger partial charge in [0.05, 0.1) is 30.7 Å². The van der Waals surface area contributed by atoms with Crippen LogP contribution in [0, 0.1) is 5.41 Å². The van der Waals surface area contributed by atoms with Gasteiger partial charge in [0.2, 0.25) is 0 Å². The van der Waals surface area contributed by atoms with Gasteiger partial charge < -0.3 is 24.8 Å². The minimum atomic E-state index is -0.214. The van der Waals surface area contributed by atoms with Gasteiger partial charge in [0, 0.05) is 51.8 Å². The number of aromatic hydroxyl groups is 1. The molecule has 0 amide bonds. The van der Waals surface area contributed by atoms with Crippen molar-refractivity contribution in [2.24, 2.45) is 5.41 Å². The highest BCUT2D eigenvalue weighted by Gasteiger charge is 2.44. The maximum absolute atomic E-state index is 10.5. The van der Waals surface area contributed by atoms with E-state index < -0.39 is 0 Å². The minimum Gasteiger partial charge on any atom is -0.508 e. The fraction of sp³-hybridized carbons (Fsp3) is 0.548. The van der Waals surface area contributed by atoms with Crippen LogP contribution in [0.1, 0.15) is 73.1 Å². The lowest BCUT2D eigenvalue weighted by Crippen LogP contribution is -2.38. The molecule has 8 heteroatoms. The summed E-state index contributed by atoms with van der Waals surface area (Å²) < 4.78 is 13.9. The van der Waals surface area contributed by atoms with Gasteiger partial charge in [-0.1, -0.05) is 28.1 Å². The van der Waals surface area contributed by atoms with Crippen LogP contribution in [0.15, 0.2) is 34.8 Å². The summed E-state index contributed by atoms with van der Waals surface area (Å²) in [4.78, 5) is 12.4. The molecule has 206 valence electrons. The number of benzene rings is 2. The third-order valence-corrected chi connectivity index (χ3v) is 9.84. The smallest absolute Gasteiger partial charge is 0.316 e. The van der Waals surface area contributed by atoms with Crippen LogP contribution >= 0.6 is 15.9 Å². The first-order valence-corrected chi connectivity index (χ1v) is 15.1. The highest BCUT2D eigenvalue weighted by Crippen LogP contribution is 2.47. The molecule has 1 aromatic heterocycles. The molecular weight excluding hydrogens is 556 g/mol. The third kappa shape index (κ3) is 5.05. The zero-order chi connectivity index (χ0) is 26.7. The first-order chi connectivity index (χ1) is 18.9. The Bertz CT molecular complexity index is 1400. The molecule has 4 heterocycles. The summed E-state index contributed by atoms with van der Waals surface area (Å²) in [6, 6.07) is 11.4. The van der Waals surface area contributed by atoms with E-state index in [0.717, 1.165) is 57.1 Å². The van der Waals surface area contributed by atoms with Crippen molar-refractivity contribution in [1.82, 2.24) is 20.2 Å². The molecule has 3 aromatic rings. The van der Waals surface area contributed by atoms with Crippen molar-refractivity contribution < 1.29 is 14.6 Å². The van der Waals surface area contributed by atoms with Crippen molar-refractivity contribution in [3.63, 3.8) is 0 Å². The van der Waals surface area contributed by atoms with Crippen molar-refractivity contribution in [3.8, 4) is 11.8 Å². The molecule has 2 bridgehead atoms. The topological polar surface area (TPSA) is 79.7 Å². The second-order valence-corrected chi connectivity index (χ2v) is 13.4. The number of piperidine rings is 1. The average Bonchev–Trinajstić information content (AvgIpc) is 3.59. The molecule has 2 aromatic carbocycles. The molecule has 3 unspecified atom stereocenters. The summed E-state index contributed by atoms with van der Waals surface area (Å²) in [7, 11) is 4.26. The molecule has 3 fully saturated rings. The van der Waals surface area contributed by atoms with Crippen LogP contribution in [0.4, 0.5) is 0 Å². The molecule has 1 saturated carbocycles. The van der Waals surface area contributed by atoms with Gasteiger partial charge in [-0.3, -0.25) is 0 Å². The lowest BCUT2D eigenvalue weighted by Gasteiger charge is -2.33. The Morgan fingerprint density at radius 3 is 2.69 bits per heavy atom. The molecule has 0 radical (unpaired) electrons.